The van der Waals surface area contributed by atoms with Crippen LogP contribution in [0.25, 0.3) is 0 Å². The van der Waals surface area contributed by atoms with E-state index in [1.54, 1.807) is 6.07 Å². The molecule has 7 heteroatoms. The molecule has 1 aromatic rings. The van der Waals surface area contributed by atoms with Crippen LogP contribution in [0.2, 0.25) is 0 Å². The lowest BCUT2D eigenvalue weighted by atomic mass is 10.3. The summed E-state index contributed by atoms with van der Waals surface area (Å²) >= 11 is 0. The first-order valence-electron chi connectivity index (χ1n) is 5.25. The van der Waals surface area contributed by atoms with Crippen LogP contribution in [-0.2, 0) is 14.8 Å². The van der Waals surface area contributed by atoms with Crippen LogP contribution in [0.1, 0.15) is 0 Å². The van der Waals surface area contributed by atoms with Crippen molar-refractivity contribution in [1.82, 2.24) is 4.72 Å². The molecule has 0 atom stereocenters. The predicted molar refractivity (Wildman–Crippen MR) is 66.6 cm³/mol. The van der Waals surface area contributed by atoms with Gasteiger partial charge < -0.3 is 14.2 Å². The number of sulfonamides is 1. The molecule has 0 spiro atoms. The zero-order valence-electron chi connectivity index (χ0n) is 10.6. The fraction of sp³-hybridized carbons (Fsp3) is 0.455. The number of ether oxygens (including phenoxy) is 3. The van der Waals surface area contributed by atoms with E-state index in [0.717, 1.165) is 0 Å². The van der Waals surface area contributed by atoms with Crippen LogP contribution >= 0.6 is 0 Å². The molecule has 0 radical (unpaired) electrons. The molecule has 0 amide bonds. The Kier molecular flexibility index (Phi) is 5.39. The Bertz CT molecular complexity index is 486. The van der Waals surface area contributed by atoms with E-state index in [1.165, 1.54) is 33.5 Å². The summed E-state index contributed by atoms with van der Waals surface area (Å²) in [6.07, 6.45) is 0. The molecule has 0 aliphatic heterocycles. The Morgan fingerprint density at radius 3 is 2.33 bits per heavy atom. The lowest BCUT2D eigenvalue weighted by Gasteiger charge is -2.10. The lowest BCUT2D eigenvalue weighted by molar-refractivity contribution is 0.204. The van der Waals surface area contributed by atoms with Crippen molar-refractivity contribution < 1.29 is 22.6 Å². The van der Waals surface area contributed by atoms with Crippen LogP contribution in [0.15, 0.2) is 23.1 Å². The van der Waals surface area contributed by atoms with E-state index >= 15 is 0 Å². The molecule has 0 aliphatic rings. The van der Waals surface area contributed by atoms with Crippen molar-refractivity contribution in [3.63, 3.8) is 0 Å². The topological polar surface area (TPSA) is 73.9 Å². The molecule has 1 aromatic carbocycles. The zero-order chi connectivity index (χ0) is 13.6. The summed E-state index contributed by atoms with van der Waals surface area (Å²) in [5, 5.41) is 0. The van der Waals surface area contributed by atoms with Crippen LogP contribution in [-0.4, -0.2) is 42.9 Å². The molecule has 1 rings (SSSR count). The highest BCUT2D eigenvalue weighted by Gasteiger charge is 2.16. The monoisotopic (exact) mass is 275 g/mol. The Balaban J connectivity index is 2.95. The SMILES string of the molecule is COCCNS(=O)(=O)c1ccc(OC)c(OC)c1. The third kappa shape index (κ3) is 3.59. The maximum Gasteiger partial charge on any atom is 0.240 e. The molecule has 0 heterocycles. The molecule has 0 saturated carbocycles. The smallest absolute Gasteiger partial charge is 0.240 e. The summed E-state index contributed by atoms with van der Waals surface area (Å²) in [6, 6.07) is 4.41. The first-order chi connectivity index (χ1) is 8.55. The second-order valence-corrected chi connectivity index (χ2v) is 5.17. The van der Waals surface area contributed by atoms with Gasteiger partial charge in [0.05, 0.1) is 25.7 Å². The Morgan fingerprint density at radius 2 is 1.78 bits per heavy atom. The van der Waals surface area contributed by atoms with Crippen LogP contribution < -0.4 is 14.2 Å². The Labute approximate surface area is 107 Å². The molecule has 0 bridgehead atoms. The summed E-state index contributed by atoms with van der Waals surface area (Å²) in [5.74, 6) is 0.848. The summed E-state index contributed by atoms with van der Waals surface area (Å²) in [4.78, 5) is 0.122. The van der Waals surface area contributed by atoms with Crippen molar-refractivity contribution >= 4 is 10.0 Å². The first-order valence-corrected chi connectivity index (χ1v) is 6.74. The minimum absolute atomic E-state index is 0.122. The molecular formula is C11H17NO5S. The molecule has 0 fully saturated rings. The van der Waals surface area contributed by atoms with Gasteiger partial charge in [-0.1, -0.05) is 0 Å². The number of benzene rings is 1. The van der Waals surface area contributed by atoms with Crippen LogP contribution in [0, 0.1) is 0 Å². The quantitative estimate of drug-likeness (QED) is 0.739. The van der Waals surface area contributed by atoms with Gasteiger partial charge in [0.2, 0.25) is 10.0 Å². The predicted octanol–water partition coefficient (Wildman–Crippen LogP) is 0.628. The van der Waals surface area contributed by atoms with Gasteiger partial charge in [0.25, 0.3) is 0 Å². The van der Waals surface area contributed by atoms with E-state index in [0.29, 0.717) is 18.1 Å². The molecular weight excluding hydrogens is 258 g/mol. The second kappa shape index (κ2) is 6.58. The van der Waals surface area contributed by atoms with Gasteiger partial charge in [0.15, 0.2) is 11.5 Å². The normalized spacial score (nSPS) is 11.3. The molecule has 0 unspecified atom stereocenters. The summed E-state index contributed by atoms with van der Waals surface area (Å²) in [6.45, 7) is 0.527. The van der Waals surface area contributed by atoms with Gasteiger partial charge in [0, 0.05) is 19.7 Å². The van der Waals surface area contributed by atoms with Gasteiger partial charge >= 0.3 is 0 Å². The van der Waals surface area contributed by atoms with Crippen molar-refractivity contribution in [2.45, 2.75) is 4.90 Å². The van der Waals surface area contributed by atoms with Crippen LogP contribution in [0.3, 0.4) is 0 Å². The highest BCUT2D eigenvalue weighted by Crippen LogP contribution is 2.29. The molecule has 0 aliphatic carbocycles. The van der Waals surface area contributed by atoms with Gasteiger partial charge in [0.1, 0.15) is 0 Å². The van der Waals surface area contributed by atoms with E-state index in [1.807, 2.05) is 0 Å². The van der Waals surface area contributed by atoms with Crippen molar-refractivity contribution in [2.24, 2.45) is 0 Å². The van der Waals surface area contributed by atoms with Crippen molar-refractivity contribution in [3.8, 4) is 11.5 Å². The largest absolute Gasteiger partial charge is 0.493 e. The van der Waals surface area contributed by atoms with Gasteiger partial charge in [-0.15, -0.1) is 0 Å². The summed E-state index contributed by atoms with van der Waals surface area (Å²) in [5.41, 5.74) is 0. The van der Waals surface area contributed by atoms with E-state index in [4.69, 9.17) is 14.2 Å². The fourth-order valence-corrected chi connectivity index (χ4v) is 2.37. The maximum atomic E-state index is 11.9. The second-order valence-electron chi connectivity index (χ2n) is 3.41. The first kappa shape index (κ1) is 14.7. The lowest BCUT2D eigenvalue weighted by Crippen LogP contribution is -2.27. The number of methoxy groups -OCH3 is 3. The van der Waals surface area contributed by atoms with E-state index in [2.05, 4.69) is 4.72 Å². The standard InChI is InChI=1S/C11H17NO5S/c1-15-7-6-12-18(13,14)9-4-5-10(16-2)11(8-9)17-3/h4-5,8,12H,6-7H2,1-3H3. The van der Waals surface area contributed by atoms with Crippen molar-refractivity contribution in [3.05, 3.63) is 18.2 Å². The van der Waals surface area contributed by atoms with Gasteiger partial charge in [-0.2, -0.15) is 0 Å². The van der Waals surface area contributed by atoms with Crippen LogP contribution in [0.5, 0.6) is 11.5 Å². The molecule has 0 aromatic heterocycles. The van der Waals surface area contributed by atoms with E-state index in [-0.39, 0.29) is 11.4 Å². The fourth-order valence-electron chi connectivity index (χ4n) is 1.35. The van der Waals surface area contributed by atoms with Gasteiger partial charge in [-0.25, -0.2) is 13.1 Å². The average molecular weight is 275 g/mol. The number of nitrogens with one attached hydrogen (secondary N) is 1. The highest BCUT2D eigenvalue weighted by molar-refractivity contribution is 7.89. The summed E-state index contributed by atoms with van der Waals surface area (Å²) in [7, 11) is 0.889. The molecule has 0 saturated heterocycles. The number of hydrogen-bond donors (Lipinski definition) is 1. The van der Waals surface area contributed by atoms with E-state index < -0.39 is 10.0 Å². The van der Waals surface area contributed by atoms with Crippen molar-refractivity contribution in [2.75, 3.05) is 34.5 Å². The minimum Gasteiger partial charge on any atom is -0.493 e. The molecule has 18 heavy (non-hydrogen) atoms. The van der Waals surface area contributed by atoms with Gasteiger partial charge in [-0.05, 0) is 12.1 Å². The van der Waals surface area contributed by atoms with E-state index in [9.17, 15) is 8.42 Å². The van der Waals surface area contributed by atoms with Crippen molar-refractivity contribution in [1.29, 1.82) is 0 Å². The van der Waals surface area contributed by atoms with Gasteiger partial charge in [-0.3, -0.25) is 0 Å². The molecule has 6 nitrogen and oxygen atoms in total. The molecule has 102 valence electrons. The highest BCUT2D eigenvalue weighted by atomic mass is 32.2. The Morgan fingerprint density at radius 1 is 1.11 bits per heavy atom. The molecule has 1 N–H and O–H groups in total. The average Bonchev–Trinajstić information content (AvgIpc) is 2.38. The third-order valence-corrected chi connectivity index (χ3v) is 3.72. The number of hydrogen-bond acceptors (Lipinski definition) is 5. The number of rotatable bonds is 7. The summed E-state index contributed by atoms with van der Waals surface area (Å²) < 4.78 is 41.1. The Hall–Kier alpha value is -1.31. The third-order valence-electron chi connectivity index (χ3n) is 2.26. The van der Waals surface area contributed by atoms with Crippen LogP contribution in [0.4, 0.5) is 0 Å². The maximum absolute atomic E-state index is 11.9. The minimum atomic E-state index is -3.56. The zero-order valence-corrected chi connectivity index (χ0v) is 11.4.